The second-order valence-electron chi connectivity index (χ2n) is 4.64. The number of carbonyl (C=O) groups excluding carboxylic acids is 1. The molecule has 1 aromatic rings. The summed E-state index contributed by atoms with van der Waals surface area (Å²) in [4.78, 5) is 12.8. The number of nitrogens with two attached hydrogens (primary N) is 1. The van der Waals surface area contributed by atoms with Crippen molar-refractivity contribution >= 4 is 17.1 Å². The number of hydrogen-bond acceptors (Lipinski definition) is 3. The average molecular weight is 211 g/mol. The van der Waals surface area contributed by atoms with Crippen LogP contribution >= 0.6 is 11.3 Å². The van der Waals surface area contributed by atoms with Crippen molar-refractivity contribution in [3.05, 3.63) is 21.9 Å². The Kier molecular flexibility index (Phi) is 3.12. The van der Waals surface area contributed by atoms with E-state index in [1.807, 2.05) is 39.1 Å². The molecule has 0 saturated carbocycles. The predicted molar refractivity (Wildman–Crippen MR) is 60.8 cm³/mol. The Hall–Kier alpha value is -0.670. The fourth-order valence-corrected chi connectivity index (χ4v) is 2.06. The zero-order valence-electron chi connectivity index (χ0n) is 9.13. The fraction of sp³-hybridized carbons (Fsp3) is 0.545. The van der Waals surface area contributed by atoms with Gasteiger partial charge in [-0.2, -0.15) is 0 Å². The molecule has 0 fully saturated rings. The molecule has 78 valence electrons. The van der Waals surface area contributed by atoms with Crippen LogP contribution in [-0.4, -0.2) is 11.8 Å². The molecule has 0 bridgehead atoms. The van der Waals surface area contributed by atoms with Crippen LogP contribution in [0.25, 0.3) is 0 Å². The molecule has 0 aliphatic carbocycles. The van der Waals surface area contributed by atoms with Gasteiger partial charge in [-0.1, -0.05) is 20.8 Å². The normalized spacial score (nSPS) is 14.1. The summed E-state index contributed by atoms with van der Waals surface area (Å²) in [5, 5.41) is 1.93. The van der Waals surface area contributed by atoms with E-state index in [9.17, 15) is 4.79 Å². The smallest absolute Gasteiger partial charge is 0.190 e. The summed E-state index contributed by atoms with van der Waals surface area (Å²) in [6.45, 7) is 7.90. The number of Topliss-reactive ketones (excluding diaryl/α,β-unsaturated/α-hetero) is 1. The van der Waals surface area contributed by atoms with Gasteiger partial charge in [0.1, 0.15) is 0 Å². The quantitative estimate of drug-likeness (QED) is 0.764. The van der Waals surface area contributed by atoms with Crippen molar-refractivity contribution in [2.75, 3.05) is 0 Å². The van der Waals surface area contributed by atoms with Crippen molar-refractivity contribution in [2.45, 2.75) is 33.7 Å². The highest BCUT2D eigenvalue weighted by molar-refractivity contribution is 7.12. The van der Waals surface area contributed by atoms with Gasteiger partial charge in [0, 0.05) is 0 Å². The van der Waals surface area contributed by atoms with Gasteiger partial charge in [-0.25, -0.2) is 0 Å². The zero-order chi connectivity index (χ0) is 10.9. The summed E-state index contributed by atoms with van der Waals surface area (Å²) in [6.07, 6.45) is 0. The average Bonchev–Trinajstić information content (AvgIpc) is 2.47. The lowest BCUT2D eigenvalue weighted by atomic mass is 9.84. The van der Waals surface area contributed by atoms with Crippen LogP contribution in [0.1, 0.15) is 36.0 Å². The van der Waals surface area contributed by atoms with E-state index in [1.165, 1.54) is 11.3 Å². The molecule has 3 heteroatoms. The maximum absolute atomic E-state index is 12.0. The summed E-state index contributed by atoms with van der Waals surface area (Å²) in [5.74, 6) is 0.0602. The van der Waals surface area contributed by atoms with Gasteiger partial charge in [-0.3, -0.25) is 4.79 Å². The lowest BCUT2D eigenvalue weighted by molar-refractivity contribution is 0.0905. The number of ketones is 1. The van der Waals surface area contributed by atoms with Crippen LogP contribution in [0.15, 0.2) is 11.4 Å². The monoisotopic (exact) mass is 211 g/mol. The molecule has 0 spiro atoms. The van der Waals surface area contributed by atoms with E-state index in [0.29, 0.717) is 0 Å². The molecule has 0 radical (unpaired) electrons. The molecule has 0 amide bonds. The fourth-order valence-electron chi connectivity index (χ4n) is 1.16. The standard InChI is InChI=1S/C11H17NOS/c1-7-5-6-14-9(7)8(13)10(12)11(2,3)4/h5-6,10H,12H2,1-4H3. The molecular weight excluding hydrogens is 194 g/mol. The number of thiophene rings is 1. The zero-order valence-corrected chi connectivity index (χ0v) is 9.94. The van der Waals surface area contributed by atoms with Crippen LogP contribution in [0.3, 0.4) is 0 Å². The van der Waals surface area contributed by atoms with Gasteiger partial charge in [0.2, 0.25) is 0 Å². The topological polar surface area (TPSA) is 43.1 Å². The van der Waals surface area contributed by atoms with Crippen molar-refractivity contribution in [3.8, 4) is 0 Å². The molecular formula is C11H17NOS. The molecule has 0 aromatic carbocycles. The molecule has 1 unspecified atom stereocenters. The summed E-state index contributed by atoms with van der Waals surface area (Å²) < 4.78 is 0. The van der Waals surface area contributed by atoms with Gasteiger partial charge >= 0.3 is 0 Å². The lowest BCUT2D eigenvalue weighted by Crippen LogP contribution is -2.42. The van der Waals surface area contributed by atoms with Crippen LogP contribution in [0, 0.1) is 12.3 Å². The number of aryl methyl sites for hydroxylation is 1. The maximum atomic E-state index is 12.0. The van der Waals surface area contributed by atoms with E-state index in [4.69, 9.17) is 5.73 Å². The first-order valence-corrected chi connectivity index (χ1v) is 5.56. The number of carbonyl (C=O) groups is 1. The Morgan fingerprint density at radius 2 is 2.07 bits per heavy atom. The van der Waals surface area contributed by atoms with Crippen LogP contribution < -0.4 is 5.73 Å². The van der Waals surface area contributed by atoms with Crippen molar-refractivity contribution in [1.82, 2.24) is 0 Å². The van der Waals surface area contributed by atoms with Crippen molar-refractivity contribution in [3.63, 3.8) is 0 Å². The first-order valence-electron chi connectivity index (χ1n) is 4.68. The van der Waals surface area contributed by atoms with Gasteiger partial charge in [-0.05, 0) is 29.3 Å². The predicted octanol–water partition coefficient (Wildman–Crippen LogP) is 2.61. The molecule has 14 heavy (non-hydrogen) atoms. The van der Waals surface area contributed by atoms with E-state index in [-0.39, 0.29) is 11.2 Å². The minimum Gasteiger partial charge on any atom is -0.321 e. The Balaban J connectivity index is 2.92. The van der Waals surface area contributed by atoms with Gasteiger partial charge in [-0.15, -0.1) is 11.3 Å². The third kappa shape index (κ3) is 2.22. The minimum absolute atomic E-state index is 0.0602. The third-order valence-corrected chi connectivity index (χ3v) is 3.33. The number of hydrogen-bond donors (Lipinski definition) is 1. The maximum Gasteiger partial charge on any atom is 0.190 e. The molecule has 1 heterocycles. The molecule has 0 saturated heterocycles. The first-order chi connectivity index (χ1) is 6.34. The SMILES string of the molecule is Cc1ccsc1C(=O)C(N)C(C)(C)C. The summed E-state index contributed by atoms with van der Waals surface area (Å²) in [5.41, 5.74) is 6.77. The molecule has 2 N–H and O–H groups in total. The van der Waals surface area contributed by atoms with Crippen LogP contribution in [0.2, 0.25) is 0 Å². The van der Waals surface area contributed by atoms with E-state index >= 15 is 0 Å². The number of rotatable bonds is 2. The van der Waals surface area contributed by atoms with Crippen molar-refractivity contribution < 1.29 is 4.79 Å². The Labute approximate surface area is 89.1 Å². The Morgan fingerprint density at radius 3 is 2.43 bits per heavy atom. The van der Waals surface area contributed by atoms with Crippen LogP contribution in [0.5, 0.6) is 0 Å². The second kappa shape index (κ2) is 3.83. The molecule has 2 nitrogen and oxygen atoms in total. The van der Waals surface area contributed by atoms with E-state index in [0.717, 1.165) is 10.4 Å². The van der Waals surface area contributed by atoms with E-state index < -0.39 is 6.04 Å². The molecule has 1 aromatic heterocycles. The lowest BCUT2D eigenvalue weighted by Gasteiger charge is -2.25. The van der Waals surface area contributed by atoms with Gasteiger partial charge in [0.25, 0.3) is 0 Å². The highest BCUT2D eigenvalue weighted by Crippen LogP contribution is 2.24. The van der Waals surface area contributed by atoms with Crippen LogP contribution in [0.4, 0.5) is 0 Å². The van der Waals surface area contributed by atoms with E-state index in [1.54, 1.807) is 0 Å². The third-order valence-electron chi connectivity index (χ3n) is 2.30. The Bertz CT molecular complexity index is 335. The van der Waals surface area contributed by atoms with Crippen molar-refractivity contribution in [1.29, 1.82) is 0 Å². The van der Waals surface area contributed by atoms with Gasteiger partial charge < -0.3 is 5.73 Å². The molecule has 1 atom stereocenters. The molecule has 1 rings (SSSR count). The summed E-state index contributed by atoms with van der Waals surface area (Å²) >= 11 is 1.47. The van der Waals surface area contributed by atoms with Gasteiger partial charge in [0.05, 0.1) is 10.9 Å². The first kappa shape index (κ1) is 11.4. The van der Waals surface area contributed by atoms with E-state index in [2.05, 4.69) is 0 Å². The Morgan fingerprint density at radius 1 is 1.50 bits per heavy atom. The largest absolute Gasteiger partial charge is 0.321 e. The van der Waals surface area contributed by atoms with Gasteiger partial charge in [0.15, 0.2) is 5.78 Å². The van der Waals surface area contributed by atoms with Crippen molar-refractivity contribution in [2.24, 2.45) is 11.1 Å². The minimum atomic E-state index is -0.417. The highest BCUT2D eigenvalue weighted by atomic mass is 32.1. The summed E-state index contributed by atoms with van der Waals surface area (Å²) in [7, 11) is 0. The highest BCUT2D eigenvalue weighted by Gasteiger charge is 2.29. The summed E-state index contributed by atoms with van der Waals surface area (Å²) in [6, 6.07) is 1.53. The molecule has 0 aliphatic heterocycles. The molecule has 0 aliphatic rings. The van der Waals surface area contributed by atoms with Crippen LogP contribution in [-0.2, 0) is 0 Å². The second-order valence-corrected chi connectivity index (χ2v) is 5.56.